The highest BCUT2D eigenvalue weighted by Gasteiger charge is 2.11. The molecule has 0 unspecified atom stereocenters. The summed E-state index contributed by atoms with van der Waals surface area (Å²) in [4.78, 5) is 15.4. The molecule has 3 N–H and O–H groups in total. The van der Waals surface area contributed by atoms with Crippen molar-refractivity contribution in [3.05, 3.63) is 59.4 Å². The Kier molecular flexibility index (Phi) is 3.99. The summed E-state index contributed by atoms with van der Waals surface area (Å²) in [6.45, 7) is 0. The molecule has 0 spiro atoms. The second-order valence-electron chi connectivity index (χ2n) is 3.90. The van der Waals surface area contributed by atoms with Crippen molar-refractivity contribution in [2.24, 2.45) is 5.73 Å². The van der Waals surface area contributed by atoms with Gasteiger partial charge < -0.3 is 11.1 Å². The standard InChI is InChI=1S/C13H9F2N3OS/c14-9-3-8(5-17-6-9)13(19)18-11-2-1-7(12(16)20)4-10(11)15/h1-6H,(H2,16,20)(H,18,19). The van der Waals surface area contributed by atoms with Crippen LogP contribution in [0, 0.1) is 11.6 Å². The number of amides is 1. The molecule has 0 radical (unpaired) electrons. The summed E-state index contributed by atoms with van der Waals surface area (Å²) < 4.78 is 26.7. The van der Waals surface area contributed by atoms with Crippen LogP contribution in [0.4, 0.5) is 14.5 Å². The van der Waals surface area contributed by atoms with Gasteiger partial charge in [0.05, 0.1) is 17.4 Å². The molecule has 0 aliphatic rings. The monoisotopic (exact) mass is 293 g/mol. The first-order valence-electron chi connectivity index (χ1n) is 5.48. The molecule has 0 atom stereocenters. The Morgan fingerprint density at radius 2 is 1.95 bits per heavy atom. The Hall–Kier alpha value is -2.41. The highest BCUT2D eigenvalue weighted by molar-refractivity contribution is 7.80. The van der Waals surface area contributed by atoms with E-state index < -0.39 is 17.5 Å². The van der Waals surface area contributed by atoms with Gasteiger partial charge in [0.2, 0.25) is 0 Å². The smallest absolute Gasteiger partial charge is 0.257 e. The Balaban J connectivity index is 2.22. The molecule has 2 aromatic rings. The van der Waals surface area contributed by atoms with Crippen molar-refractivity contribution in [2.75, 3.05) is 5.32 Å². The van der Waals surface area contributed by atoms with Crippen LogP contribution in [0.3, 0.4) is 0 Å². The SMILES string of the molecule is NC(=S)c1ccc(NC(=O)c2cncc(F)c2)c(F)c1. The van der Waals surface area contributed by atoms with Gasteiger partial charge in [-0.05, 0) is 24.3 Å². The lowest BCUT2D eigenvalue weighted by atomic mass is 10.2. The number of carbonyl (C=O) groups is 1. The average Bonchev–Trinajstić information content (AvgIpc) is 2.40. The summed E-state index contributed by atoms with van der Waals surface area (Å²) in [6, 6.07) is 4.92. The maximum Gasteiger partial charge on any atom is 0.257 e. The number of hydrogen-bond acceptors (Lipinski definition) is 3. The fraction of sp³-hybridized carbons (Fsp3) is 0. The van der Waals surface area contributed by atoms with Crippen LogP contribution in [0.2, 0.25) is 0 Å². The second-order valence-corrected chi connectivity index (χ2v) is 4.34. The highest BCUT2D eigenvalue weighted by Crippen LogP contribution is 2.17. The summed E-state index contributed by atoms with van der Waals surface area (Å²) in [7, 11) is 0. The zero-order chi connectivity index (χ0) is 14.7. The lowest BCUT2D eigenvalue weighted by molar-refractivity contribution is 0.102. The van der Waals surface area contributed by atoms with Crippen LogP contribution in [0.1, 0.15) is 15.9 Å². The van der Waals surface area contributed by atoms with Gasteiger partial charge in [-0.3, -0.25) is 9.78 Å². The fourth-order valence-corrected chi connectivity index (χ4v) is 1.63. The quantitative estimate of drug-likeness (QED) is 0.852. The van der Waals surface area contributed by atoms with Gasteiger partial charge in [0.1, 0.15) is 16.6 Å². The van der Waals surface area contributed by atoms with Crippen LogP contribution in [0.15, 0.2) is 36.7 Å². The first-order chi connectivity index (χ1) is 9.47. The number of pyridine rings is 1. The summed E-state index contributed by atoms with van der Waals surface area (Å²) in [5.74, 6) is -2.01. The van der Waals surface area contributed by atoms with Gasteiger partial charge in [-0.25, -0.2) is 8.78 Å². The third kappa shape index (κ3) is 3.12. The van der Waals surface area contributed by atoms with E-state index in [9.17, 15) is 13.6 Å². The van der Waals surface area contributed by atoms with Crippen LogP contribution in [0.25, 0.3) is 0 Å². The number of nitrogens with zero attached hydrogens (tertiary/aromatic N) is 1. The van der Waals surface area contributed by atoms with Gasteiger partial charge in [0.15, 0.2) is 0 Å². The van der Waals surface area contributed by atoms with E-state index in [0.717, 1.165) is 18.3 Å². The van der Waals surface area contributed by atoms with Crippen LogP contribution < -0.4 is 11.1 Å². The summed E-state index contributed by atoms with van der Waals surface area (Å²) in [6.07, 6.45) is 2.15. The summed E-state index contributed by atoms with van der Waals surface area (Å²) in [5.41, 5.74) is 5.65. The van der Waals surface area contributed by atoms with E-state index in [2.05, 4.69) is 10.3 Å². The molecule has 0 aliphatic heterocycles. The number of benzene rings is 1. The summed E-state index contributed by atoms with van der Waals surface area (Å²) >= 11 is 4.72. The average molecular weight is 293 g/mol. The largest absolute Gasteiger partial charge is 0.389 e. The molecule has 20 heavy (non-hydrogen) atoms. The molecule has 0 saturated heterocycles. The molecule has 0 aliphatic carbocycles. The Labute approximate surface area is 118 Å². The molecule has 1 heterocycles. The molecule has 0 bridgehead atoms. The van der Waals surface area contributed by atoms with Crippen LogP contribution in [0.5, 0.6) is 0 Å². The molecular weight excluding hydrogens is 284 g/mol. The van der Waals surface area contributed by atoms with Crippen LogP contribution in [-0.2, 0) is 0 Å². The van der Waals surface area contributed by atoms with E-state index in [-0.39, 0.29) is 16.2 Å². The molecule has 7 heteroatoms. The first-order valence-corrected chi connectivity index (χ1v) is 5.89. The zero-order valence-electron chi connectivity index (χ0n) is 10.1. The third-order valence-corrected chi connectivity index (χ3v) is 2.70. The third-order valence-electron chi connectivity index (χ3n) is 2.47. The molecular formula is C13H9F2N3OS. The van der Waals surface area contributed by atoms with E-state index in [0.29, 0.717) is 5.56 Å². The maximum atomic E-state index is 13.7. The molecule has 1 aromatic heterocycles. The lowest BCUT2D eigenvalue weighted by Crippen LogP contribution is -2.15. The zero-order valence-corrected chi connectivity index (χ0v) is 10.9. The molecule has 0 fully saturated rings. The van der Waals surface area contributed by atoms with E-state index in [1.165, 1.54) is 18.3 Å². The van der Waals surface area contributed by atoms with Gasteiger partial charge >= 0.3 is 0 Å². The van der Waals surface area contributed by atoms with E-state index in [1.54, 1.807) is 0 Å². The molecule has 0 saturated carbocycles. The van der Waals surface area contributed by atoms with Gasteiger partial charge in [-0.15, -0.1) is 0 Å². The van der Waals surface area contributed by atoms with Gasteiger partial charge in [0, 0.05) is 11.8 Å². The van der Waals surface area contributed by atoms with E-state index in [1.807, 2.05) is 0 Å². The fourth-order valence-electron chi connectivity index (χ4n) is 1.50. The number of hydrogen-bond donors (Lipinski definition) is 2. The van der Waals surface area contributed by atoms with Crippen molar-refractivity contribution in [3.8, 4) is 0 Å². The molecule has 1 amide bonds. The predicted molar refractivity (Wildman–Crippen MR) is 74.4 cm³/mol. The van der Waals surface area contributed by atoms with Crippen molar-refractivity contribution in [1.82, 2.24) is 4.98 Å². The molecule has 102 valence electrons. The predicted octanol–water partition coefficient (Wildman–Crippen LogP) is 2.25. The Morgan fingerprint density at radius 1 is 1.20 bits per heavy atom. The Morgan fingerprint density at radius 3 is 2.55 bits per heavy atom. The number of nitrogens with two attached hydrogens (primary N) is 1. The minimum Gasteiger partial charge on any atom is -0.389 e. The highest BCUT2D eigenvalue weighted by atomic mass is 32.1. The lowest BCUT2D eigenvalue weighted by Gasteiger charge is -2.07. The number of thiocarbonyl (C=S) groups is 1. The summed E-state index contributed by atoms with van der Waals surface area (Å²) in [5, 5.41) is 2.32. The van der Waals surface area contributed by atoms with Crippen LogP contribution >= 0.6 is 12.2 Å². The molecule has 1 aromatic carbocycles. The van der Waals surface area contributed by atoms with Crippen molar-refractivity contribution < 1.29 is 13.6 Å². The van der Waals surface area contributed by atoms with E-state index >= 15 is 0 Å². The van der Waals surface area contributed by atoms with E-state index in [4.69, 9.17) is 18.0 Å². The molecule has 4 nitrogen and oxygen atoms in total. The van der Waals surface area contributed by atoms with Gasteiger partial charge in [-0.2, -0.15) is 0 Å². The number of aromatic nitrogens is 1. The van der Waals surface area contributed by atoms with Gasteiger partial charge in [0.25, 0.3) is 5.91 Å². The number of rotatable bonds is 3. The molecule has 2 rings (SSSR count). The minimum atomic E-state index is -0.687. The number of halogens is 2. The van der Waals surface area contributed by atoms with Crippen molar-refractivity contribution >= 4 is 28.8 Å². The number of anilines is 1. The van der Waals surface area contributed by atoms with Crippen molar-refractivity contribution in [1.29, 1.82) is 0 Å². The van der Waals surface area contributed by atoms with Crippen molar-refractivity contribution in [2.45, 2.75) is 0 Å². The minimum absolute atomic E-state index is 0.0113. The topological polar surface area (TPSA) is 68.0 Å². The van der Waals surface area contributed by atoms with Gasteiger partial charge in [-0.1, -0.05) is 12.2 Å². The normalized spacial score (nSPS) is 10.1. The first kappa shape index (κ1) is 14.0. The Bertz CT molecular complexity index is 691. The number of nitrogens with one attached hydrogen (secondary N) is 1. The number of carbonyl (C=O) groups excluding carboxylic acids is 1. The van der Waals surface area contributed by atoms with Crippen molar-refractivity contribution in [3.63, 3.8) is 0 Å². The second kappa shape index (κ2) is 5.70. The maximum absolute atomic E-state index is 13.7. The van der Waals surface area contributed by atoms with Crippen LogP contribution in [-0.4, -0.2) is 15.9 Å².